The summed E-state index contributed by atoms with van der Waals surface area (Å²) in [5, 5.41) is 6.77. The first-order valence-electron chi connectivity index (χ1n) is 8.62. The number of likely N-dealkylation sites (N-methyl/N-ethyl adjacent to an activating group) is 1. The molecule has 2 N–H and O–H groups in total. The Kier molecular flexibility index (Phi) is 13.3. The quantitative estimate of drug-likeness (QED) is 0.354. The minimum atomic E-state index is 0. The van der Waals surface area contributed by atoms with E-state index in [0.717, 1.165) is 38.6 Å². The molecular weight excluding hydrogens is 389 g/mol. The van der Waals surface area contributed by atoms with Crippen LogP contribution in [0.3, 0.4) is 0 Å². The Morgan fingerprint density at radius 2 is 1.68 bits per heavy atom. The number of hydrogen-bond donors (Lipinski definition) is 2. The van der Waals surface area contributed by atoms with E-state index < -0.39 is 0 Å². The van der Waals surface area contributed by atoms with E-state index in [1.54, 1.807) is 0 Å². The maximum atomic E-state index is 4.63. The first-order valence-corrected chi connectivity index (χ1v) is 8.62. The van der Waals surface area contributed by atoms with Crippen molar-refractivity contribution in [1.29, 1.82) is 0 Å². The van der Waals surface area contributed by atoms with E-state index in [0.29, 0.717) is 5.92 Å². The normalized spacial score (nSPS) is 17.4. The second-order valence-corrected chi connectivity index (χ2v) is 6.15. The van der Waals surface area contributed by atoms with Gasteiger partial charge in [0.25, 0.3) is 0 Å². The molecule has 1 saturated heterocycles. The molecule has 0 atom stereocenters. The molecule has 1 rings (SSSR count). The van der Waals surface area contributed by atoms with E-state index in [2.05, 4.69) is 53.1 Å². The average molecular weight is 425 g/mol. The van der Waals surface area contributed by atoms with Crippen molar-refractivity contribution in [2.24, 2.45) is 10.9 Å². The lowest BCUT2D eigenvalue weighted by Crippen LogP contribution is -2.49. The van der Waals surface area contributed by atoms with Crippen LogP contribution in [0.5, 0.6) is 0 Å². The van der Waals surface area contributed by atoms with Crippen molar-refractivity contribution in [2.75, 3.05) is 58.9 Å². The number of nitrogens with one attached hydrogen (secondary N) is 2. The summed E-state index contributed by atoms with van der Waals surface area (Å²) in [5.74, 6) is 1.68. The van der Waals surface area contributed by atoms with Crippen molar-refractivity contribution in [1.82, 2.24) is 20.4 Å². The van der Waals surface area contributed by atoms with Crippen LogP contribution in [0, 0.1) is 5.92 Å². The van der Waals surface area contributed by atoms with Crippen LogP contribution in [0.2, 0.25) is 0 Å². The summed E-state index contributed by atoms with van der Waals surface area (Å²) in [6.45, 7) is 18.7. The van der Waals surface area contributed by atoms with Gasteiger partial charge in [0.15, 0.2) is 5.96 Å². The number of guanidine groups is 1. The molecule has 0 bridgehead atoms. The molecule has 0 amide bonds. The fraction of sp³-hybridized carbons (Fsp3) is 0.938. The first-order chi connectivity index (χ1) is 10.2. The van der Waals surface area contributed by atoms with Gasteiger partial charge in [-0.3, -0.25) is 9.89 Å². The van der Waals surface area contributed by atoms with E-state index in [1.807, 2.05) is 0 Å². The lowest BCUT2D eigenvalue weighted by molar-refractivity contribution is 0.139. The highest BCUT2D eigenvalue weighted by Gasteiger charge is 2.14. The molecule has 0 saturated carbocycles. The highest BCUT2D eigenvalue weighted by atomic mass is 127. The van der Waals surface area contributed by atoms with Gasteiger partial charge in [-0.1, -0.05) is 20.8 Å². The molecule has 1 heterocycles. The molecule has 1 aliphatic rings. The lowest BCUT2D eigenvalue weighted by atomic mass is 10.1. The van der Waals surface area contributed by atoms with Gasteiger partial charge in [0.2, 0.25) is 0 Å². The maximum Gasteiger partial charge on any atom is 0.191 e. The topological polar surface area (TPSA) is 42.9 Å². The number of hydrogen-bond acceptors (Lipinski definition) is 3. The average Bonchev–Trinajstić information content (AvgIpc) is 2.47. The van der Waals surface area contributed by atoms with Gasteiger partial charge in [-0.05, 0) is 25.8 Å². The molecular formula is C16H36IN5. The number of halogens is 1. The van der Waals surface area contributed by atoms with Crippen LogP contribution >= 0.6 is 24.0 Å². The Hall–Kier alpha value is -0.0800. The first kappa shape index (κ1) is 21.9. The second-order valence-electron chi connectivity index (χ2n) is 6.15. The third-order valence-electron chi connectivity index (χ3n) is 3.95. The van der Waals surface area contributed by atoms with Gasteiger partial charge in [0, 0.05) is 52.4 Å². The molecule has 5 nitrogen and oxygen atoms in total. The molecule has 22 heavy (non-hydrogen) atoms. The van der Waals surface area contributed by atoms with Crippen molar-refractivity contribution in [3.63, 3.8) is 0 Å². The monoisotopic (exact) mass is 425 g/mol. The standard InChI is InChI=1S/C16H35N5.HI/c1-5-17-16(18-8-7-15(3)4)19-9-10-21-13-11-20(6-2)12-14-21;/h15H,5-14H2,1-4H3,(H2,17,18,19);1H. The number of aliphatic imine (C=N–C) groups is 1. The molecule has 0 spiro atoms. The fourth-order valence-corrected chi connectivity index (χ4v) is 2.44. The number of nitrogens with zero attached hydrogens (tertiary/aromatic N) is 3. The van der Waals surface area contributed by atoms with Gasteiger partial charge in [-0.15, -0.1) is 24.0 Å². The highest BCUT2D eigenvalue weighted by Crippen LogP contribution is 2.00. The predicted octanol–water partition coefficient (Wildman–Crippen LogP) is 1.84. The molecule has 1 aliphatic heterocycles. The van der Waals surface area contributed by atoms with Crippen LogP contribution in [0.15, 0.2) is 4.99 Å². The molecule has 0 aromatic carbocycles. The zero-order valence-corrected chi connectivity index (χ0v) is 17.2. The molecule has 6 heteroatoms. The van der Waals surface area contributed by atoms with Crippen LogP contribution in [0.1, 0.15) is 34.1 Å². The van der Waals surface area contributed by atoms with E-state index in [4.69, 9.17) is 0 Å². The Morgan fingerprint density at radius 1 is 1.05 bits per heavy atom. The van der Waals surface area contributed by atoms with Crippen LogP contribution in [0.4, 0.5) is 0 Å². The molecule has 1 fully saturated rings. The Morgan fingerprint density at radius 3 is 2.23 bits per heavy atom. The van der Waals surface area contributed by atoms with E-state index in [1.165, 1.54) is 32.7 Å². The molecule has 0 aliphatic carbocycles. The van der Waals surface area contributed by atoms with Crippen molar-refractivity contribution in [2.45, 2.75) is 34.1 Å². The van der Waals surface area contributed by atoms with E-state index in [-0.39, 0.29) is 24.0 Å². The zero-order valence-electron chi connectivity index (χ0n) is 14.9. The second kappa shape index (κ2) is 13.4. The summed E-state index contributed by atoms with van der Waals surface area (Å²) in [6, 6.07) is 0. The van der Waals surface area contributed by atoms with Gasteiger partial charge < -0.3 is 15.5 Å². The largest absolute Gasteiger partial charge is 0.357 e. The van der Waals surface area contributed by atoms with Gasteiger partial charge in [-0.2, -0.15) is 0 Å². The molecule has 0 aromatic rings. The van der Waals surface area contributed by atoms with Crippen LogP contribution in [-0.2, 0) is 0 Å². The summed E-state index contributed by atoms with van der Waals surface area (Å²) in [6.07, 6.45) is 1.15. The van der Waals surface area contributed by atoms with E-state index in [9.17, 15) is 0 Å². The molecule has 0 radical (unpaired) electrons. The van der Waals surface area contributed by atoms with E-state index >= 15 is 0 Å². The smallest absolute Gasteiger partial charge is 0.191 e. The Balaban J connectivity index is 0.00000441. The lowest BCUT2D eigenvalue weighted by Gasteiger charge is -2.34. The minimum Gasteiger partial charge on any atom is -0.357 e. The van der Waals surface area contributed by atoms with Crippen LogP contribution in [0.25, 0.3) is 0 Å². The SMILES string of the molecule is CCNC(=NCCC(C)C)NCCN1CCN(CC)CC1.I. The van der Waals surface area contributed by atoms with Crippen molar-refractivity contribution < 1.29 is 0 Å². The highest BCUT2D eigenvalue weighted by molar-refractivity contribution is 14.0. The maximum absolute atomic E-state index is 4.63. The summed E-state index contributed by atoms with van der Waals surface area (Å²) in [4.78, 5) is 9.68. The summed E-state index contributed by atoms with van der Waals surface area (Å²) in [7, 11) is 0. The Labute approximate surface area is 154 Å². The number of piperazine rings is 1. The van der Waals surface area contributed by atoms with Gasteiger partial charge in [0.05, 0.1) is 0 Å². The van der Waals surface area contributed by atoms with Crippen LogP contribution in [-0.4, -0.2) is 74.7 Å². The molecule has 0 unspecified atom stereocenters. The van der Waals surface area contributed by atoms with Gasteiger partial charge in [0.1, 0.15) is 0 Å². The fourth-order valence-electron chi connectivity index (χ4n) is 2.44. The molecule has 132 valence electrons. The third kappa shape index (κ3) is 9.84. The Bertz CT molecular complexity index is 288. The zero-order chi connectivity index (χ0) is 15.5. The summed E-state index contributed by atoms with van der Waals surface area (Å²) >= 11 is 0. The third-order valence-corrected chi connectivity index (χ3v) is 3.95. The van der Waals surface area contributed by atoms with Gasteiger partial charge in [-0.25, -0.2) is 0 Å². The van der Waals surface area contributed by atoms with Crippen molar-refractivity contribution in [3.8, 4) is 0 Å². The van der Waals surface area contributed by atoms with Gasteiger partial charge >= 0.3 is 0 Å². The van der Waals surface area contributed by atoms with Crippen LogP contribution < -0.4 is 10.6 Å². The minimum absolute atomic E-state index is 0. The molecule has 0 aromatic heterocycles. The van der Waals surface area contributed by atoms with Crippen molar-refractivity contribution in [3.05, 3.63) is 0 Å². The summed E-state index contributed by atoms with van der Waals surface area (Å²) < 4.78 is 0. The predicted molar refractivity (Wildman–Crippen MR) is 107 cm³/mol. The summed E-state index contributed by atoms with van der Waals surface area (Å²) in [5.41, 5.74) is 0. The number of rotatable bonds is 8. The van der Waals surface area contributed by atoms with Crippen molar-refractivity contribution >= 4 is 29.9 Å².